The monoisotopic (exact) mass is 230 g/mol. The Kier molecular flexibility index (Phi) is 9.84. The summed E-state index contributed by atoms with van der Waals surface area (Å²) in [7, 11) is 0. The molecule has 1 rings (SSSR count). The molecule has 2 N–H and O–H groups in total. The average molecular weight is 230 g/mol. The summed E-state index contributed by atoms with van der Waals surface area (Å²) in [6.45, 7) is 0. The third-order valence-electron chi connectivity index (χ3n) is 1.38. The molecule has 0 aliphatic heterocycles. The minimum atomic E-state index is -1.06. The quantitative estimate of drug-likeness (QED) is 0.501. The van der Waals surface area contributed by atoms with Crippen molar-refractivity contribution in [3.63, 3.8) is 0 Å². The number of hydrogen-bond donors (Lipinski definition) is 2. The van der Waals surface area contributed by atoms with Gasteiger partial charge in [0.2, 0.25) is 0 Å². The normalized spacial score (nSPS) is 8.00. The minimum absolute atomic E-state index is 0. The van der Waals surface area contributed by atoms with Gasteiger partial charge in [0.05, 0.1) is 11.1 Å². The molecule has 1 aromatic rings. The molecule has 0 heterocycles. The Balaban J connectivity index is -0.000000180. The standard InChI is InChI=1S/C8H6O4.K.Na.2H/c9-7(10)5-1-2-6(4-3-5)8(11)12;;;;/h1-4H,(H,9,10)(H,11,12);;;;/q;2*+1;2*-1. The maximum atomic E-state index is 10.3. The molecule has 0 saturated heterocycles. The van der Waals surface area contributed by atoms with Gasteiger partial charge in [-0.3, -0.25) is 0 Å². The molecule has 6 heteroatoms. The van der Waals surface area contributed by atoms with Crippen LogP contribution in [0.4, 0.5) is 0 Å². The van der Waals surface area contributed by atoms with E-state index in [4.69, 9.17) is 10.2 Å². The molecule has 0 bridgehead atoms. The van der Waals surface area contributed by atoms with Crippen molar-refractivity contribution < 1.29 is 104 Å². The molecule has 14 heavy (non-hydrogen) atoms. The summed E-state index contributed by atoms with van der Waals surface area (Å²) in [5.41, 5.74) is 0.167. The van der Waals surface area contributed by atoms with Gasteiger partial charge in [0.1, 0.15) is 0 Å². The molecular formula is C8H8KNaO4. The van der Waals surface area contributed by atoms with E-state index < -0.39 is 11.9 Å². The van der Waals surface area contributed by atoms with E-state index in [9.17, 15) is 9.59 Å². The molecule has 0 saturated carbocycles. The van der Waals surface area contributed by atoms with Crippen LogP contribution in [0.3, 0.4) is 0 Å². The van der Waals surface area contributed by atoms with E-state index in [2.05, 4.69) is 0 Å². The van der Waals surface area contributed by atoms with E-state index in [0.717, 1.165) is 0 Å². The molecule has 0 aliphatic carbocycles. The van der Waals surface area contributed by atoms with Gasteiger partial charge in [0.25, 0.3) is 0 Å². The molecule has 0 unspecified atom stereocenters. The van der Waals surface area contributed by atoms with Gasteiger partial charge in [-0.15, -0.1) is 0 Å². The predicted molar refractivity (Wildman–Crippen MR) is 42.6 cm³/mol. The Morgan fingerprint density at radius 2 is 1.14 bits per heavy atom. The summed E-state index contributed by atoms with van der Waals surface area (Å²) in [5.74, 6) is -2.13. The summed E-state index contributed by atoms with van der Waals surface area (Å²) >= 11 is 0. The first-order valence-electron chi connectivity index (χ1n) is 3.18. The fraction of sp³-hybridized carbons (Fsp3) is 0. The van der Waals surface area contributed by atoms with Crippen LogP contribution in [0.5, 0.6) is 0 Å². The third-order valence-corrected chi connectivity index (χ3v) is 1.38. The van der Waals surface area contributed by atoms with Crippen LogP contribution >= 0.6 is 0 Å². The van der Waals surface area contributed by atoms with Crippen molar-refractivity contribution in [1.82, 2.24) is 0 Å². The summed E-state index contributed by atoms with van der Waals surface area (Å²) in [5, 5.41) is 16.9. The Hall–Kier alpha value is 0.796. The van der Waals surface area contributed by atoms with E-state index in [0.29, 0.717) is 0 Å². The second-order valence-corrected chi connectivity index (χ2v) is 2.19. The van der Waals surface area contributed by atoms with Crippen LogP contribution in [-0.2, 0) is 0 Å². The summed E-state index contributed by atoms with van der Waals surface area (Å²) in [6, 6.07) is 5.02. The molecule has 0 aromatic heterocycles. The van der Waals surface area contributed by atoms with Gasteiger partial charge < -0.3 is 13.1 Å². The number of carboxylic acid groups (broad SMARTS) is 2. The molecular weight excluding hydrogens is 222 g/mol. The van der Waals surface area contributed by atoms with Crippen molar-refractivity contribution in [2.24, 2.45) is 0 Å². The van der Waals surface area contributed by atoms with E-state index in [1.165, 1.54) is 24.3 Å². The molecule has 0 fully saturated rings. The summed E-state index contributed by atoms with van der Waals surface area (Å²) < 4.78 is 0. The molecule has 66 valence electrons. The van der Waals surface area contributed by atoms with Crippen molar-refractivity contribution in [2.45, 2.75) is 0 Å². The van der Waals surface area contributed by atoms with E-state index in [1.807, 2.05) is 0 Å². The third kappa shape index (κ3) is 5.04. The number of rotatable bonds is 2. The van der Waals surface area contributed by atoms with Gasteiger partial charge >= 0.3 is 92.9 Å². The van der Waals surface area contributed by atoms with Crippen LogP contribution < -0.4 is 80.9 Å². The van der Waals surface area contributed by atoms with E-state index >= 15 is 0 Å². The van der Waals surface area contributed by atoms with Crippen LogP contribution in [0.1, 0.15) is 23.6 Å². The zero-order valence-corrected chi connectivity index (χ0v) is 13.1. The Labute approximate surface area is 148 Å². The van der Waals surface area contributed by atoms with Crippen LogP contribution in [-0.4, -0.2) is 22.2 Å². The van der Waals surface area contributed by atoms with Crippen molar-refractivity contribution in [2.75, 3.05) is 0 Å². The summed E-state index contributed by atoms with van der Waals surface area (Å²) in [4.78, 5) is 20.7. The second kappa shape index (κ2) is 8.01. The summed E-state index contributed by atoms with van der Waals surface area (Å²) in [6.07, 6.45) is 0. The van der Waals surface area contributed by atoms with Crippen molar-refractivity contribution >= 4 is 11.9 Å². The van der Waals surface area contributed by atoms with Gasteiger partial charge in [0, 0.05) is 0 Å². The number of aromatic carboxylic acids is 2. The van der Waals surface area contributed by atoms with Gasteiger partial charge in [-0.25, -0.2) is 9.59 Å². The van der Waals surface area contributed by atoms with Gasteiger partial charge in [0.15, 0.2) is 0 Å². The van der Waals surface area contributed by atoms with E-state index in [1.54, 1.807) is 0 Å². The maximum Gasteiger partial charge on any atom is 1.00 e. The van der Waals surface area contributed by atoms with Gasteiger partial charge in [-0.1, -0.05) is 0 Å². The van der Waals surface area contributed by atoms with E-state index in [-0.39, 0.29) is 94.9 Å². The van der Waals surface area contributed by atoms with Crippen molar-refractivity contribution in [1.29, 1.82) is 0 Å². The molecule has 0 atom stereocenters. The number of hydrogen-bond acceptors (Lipinski definition) is 2. The molecule has 0 amide bonds. The van der Waals surface area contributed by atoms with Crippen LogP contribution in [0.2, 0.25) is 0 Å². The first-order valence-corrected chi connectivity index (χ1v) is 3.18. The molecule has 4 nitrogen and oxygen atoms in total. The van der Waals surface area contributed by atoms with Crippen LogP contribution in [0, 0.1) is 0 Å². The van der Waals surface area contributed by atoms with Crippen molar-refractivity contribution in [3.05, 3.63) is 35.4 Å². The molecule has 0 radical (unpaired) electrons. The molecule has 0 aliphatic rings. The zero-order chi connectivity index (χ0) is 9.14. The number of carbonyl (C=O) groups is 2. The largest absolute Gasteiger partial charge is 1.00 e. The fourth-order valence-electron chi connectivity index (χ4n) is 0.755. The molecule has 1 aromatic carbocycles. The van der Waals surface area contributed by atoms with Gasteiger partial charge in [-0.05, 0) is 24.3 Å². The predicted octanol–water partition coefficient (Wildman–Crippen LogP) is -4.68. The maximum absolute atomic E-state index is 10.3. The number of carboxylic acids is 2. The van der Waals surface area contributed by atoms with Crippen LogP contribution in [0.15, 0.2) is 24.3 Å². The van der Waals surface area contributed by atoms with Crippen molar-refractivity contribution in [3.8, 4) is 0 Å². The minimum Gasteiger partial charge on any atom is -1.00 e. The Morgan fingerprint density at radius 3 is 1.29 bits per heavy atom. The van der Waals surface area contributed by atoms with Crippen LogP contribution in [0.25, 0.3) is 0 Å². The first-order chi connectivity index (χ1) is 5.61. The second-order valence-electron chi connectivity index (χ2n) is 2.19. The smallest absolute Gasteiger partial charge is 1.00 e. The first kappa shape index (κ1) is 17.2. The average Bonchev–Trinajstić information content (AvgIpc) is 2.04. The Morgan fingerprint density at radius 1 is 0.929 bits per heavy atom. The number of benzene rings is 1. The molecule has 0 spiro atoms. The topological polar surface area (TPSA) is 74.6 Å². The Bertz CT molecular complexity index is 298. The SMILES string of the molecule is O=C(O)c1ccc(C(=O)O)cc1.[H-].[H-].[K+].[Na+]. The fourth-order valence-corrected chi connectivity index (χ4v) is 0.755. The van der Waals surface area contributed by atoms with Gasteiger partial charge in [-0.2, -0.15) is 0 Å². The zero-order valence-electron chi connectivity index (χ0n) is 10.0.